The van der Waals surface area contributed by atoms with Gasteiger partial charge in [-0.25, -0.2) is 9.18 Å². The Bertz CT molecular complexity index is 813. The molecule has 0 bridgehead atoms. The Kier molecular flexibility index (Phi) is 5.64. The van der Waals surface area contributed by atoms with Crippen LogP contribution in [0, 0.1) is 31.0 Å². The summed E-state index contributed by atoms with van der Waals surface area (Å²) in [5, 5.41) is 9.27. The third-order valence-electron chi connectivity index (χ3n) is 5.37. The van der Waals surface area contributed by atoms with Crippen molar-refractivity contribution in [2.45, 2.75) is 52.4 Å². The highest BCUT2D eigenvalue weighted by molar-refractivity contribution is 5.68. The third-order valence-corrected chi connectivity index (χ3v) is 5.37. The van der Waals surface area contributed by atoms with Gasteiger partial charge in [0.25, 0.3) is 0 Å². The number of hydrogen-bond acceptors (Lipinski definition) is 5. The highest BCUT2D eigenvalue weighted by atomic mass is 19.1. The van der Waals surface area contributed by atoms with E-state index in [4.69, 9.17) is 9.47 Å². The van der Waals surface area contributed by atoms with Crippen LogP contribution in [0.25, 0.3) is 0 Å². The van der Waals surface area contributed by atoms with Crippen molar-refractivity contribution in [1.82, 2.24) is 9.80 Å². The van der Waals surface area contributed by atoms with Crippen LogP contribution in [0.2, 0.25) is 0 Å². The zero-order valence-electron chi connectivity index (χ0n) is 17.2. The van der Waals surface area contributed by atoms with Crippen molar-refractivity contribution in [1.29, 1.82) is 5.26 Å². The lowest BCUT2D eigenvalue weighted by Crippen LogP contribution is -2.60. The molecule has 0 spiro atoms. The van der Waals surface area contributed by atoms with Gasteiger partial charge < -0.3 is 14.4 Å². The molecule has 152 valence electrons. The number of carbonyl (C=O) groups excluding carboxylic acids is 1. The monoisotopic (exact) mass is 389 g/mol. The number of rotatable bonds is 1. The summed E-state index contributed by atoms with van der Waals surface area (Å²) in [5.74, 6) is -0.485. The fraction of sp³-hybridized carbons (Fsp3) is 0.619. The summed E-state index contributed by atoms with van der Waals surface area (Å²) in [5.41, 5.74) is 1.91. The fourth-order valence-corrected chi connectivity index (χ4v) is 4.03. The Morgan fingerprint density at radius 1 is 1.32 bits per heavy atom. The highest BCUT2D eigenvalue weighted by Gasteiger charge is 2.37. The molecule has 0 unspecified atom stereocenters. The molecule has 0 saturated carbocycles. The molecule has 28 heavy (non-hydrogen) atoms. The average molecular weight is 389 g/mol. The van der Waals surface area contributed by atoms with E-state index in [9.17, 15) is 14.4 Å². The van der Waals surface area contributed by atoms with E-state index < -0.39 is 11.4 Å². The van der Waals surface area contributed by atoms with E-state index in [1.54, 1.807) is 11.8 Å². The number of fused-ring (bicyclic) bond motifs is 1. The average Bonchev–Trinajstić information content (AvgIpc) is 2.59. The predicted molar refractivity (Wildman–Crippen MR) is 102 cm³/mol. The molecule has 2 heterocycles. The first-order valence-corrected chi connectivity index (χ1v) is 9.64. The van der Waals surface area contributed by atoms with Gasteiger partial charge >= 0.3 is 6.09 Å². The Labute approximate surface area is 165 Å². The van der Waals surface area contributed by atoms with Gasteiger partial charge in [-0.1, -0.05) is 0 Å². The van der Waals surface area contributed by atoms with E-state index in [0.29, 0.717) is 31.8 Å². The minimum absolute atomic E-state index is 0.0843. The number of piperazine rings is 1. The van der Waals surface area contributed by atoms with Crippen LogP contribution in [0.1, 0.15) is 49.1 Å². The fourth-order valence-electron chi connectivity index (χ4n) is 4.03. The number of nitriles is 1. The Morgan fingerprint density at radius 3 is 2.68 bits per heavy atom. The summed E-state index contributed by atoms with van der Waals surface area (Å²) < 4.78 is 25.6. The summed E-state index contributed by atoms with van der Waals surface area (Å²) in [6.07, 6.45) is -0.504. The maximum Gasteiger partial charge on any atom is 0.410 e. The Morgan fingerprint density at radius 2 is 2.04 bits per heavy atom. The second-order valence-corrected chi connectivity index (χ2v) is 8.60. The van der Waals surface area contributed by atoms with Crippen molar-refractivity contribution in [3.63, 3.8) is 0 Å². The normalized spacial score (nSPS) is 23.1. The van der Waals surface area contributed by atoms with Gasteiger partial charge in [-0.3, -0.25) is 4.90 Å². The molecule has 2 saturated heterocycles. The second kappa shape index (κ2) is 7.69. The molecule has 0 aromatic heterocycles. The summed E-state index contributed by atoms with van der Waals surface area (Å²) in [6.45, 7) is 12.2. The lowest BCUT2D eigenvalue weighted by Gasteiger charge is -2.46. The van der Waals surface area contributed by atoms with Gasteiger partial charge in [0, 0.05) is 26.2 Å². The van der Waals surface area contributed by atoms with E-state index in [1.807, 2.05) is 33.8 Å². The van der Waals surface area contributed by atoms with E-state index in [-0.39, 0.29) is 23.8 Å². The minimum atomic E-state index is -0.515. The largest absolute Gasteiger partial charge is 0.444 e. The number of halogens is 1. The maximum atomic E-state index is 14.0. The molecule has 7 heteroatoms. The Balaban J connectivity index is 1.71. The van der Waals surface area contributed by atoms with Crippen molar-refractivity contribution < 1.29 is 18.7 Å². The van der Waals surface area contributed by atoms with Crippen molar-refractivity contribution >= 4 is 6.09 Å². The topological polar surface area (TPSA) is 65.8 Å². The van der Waals surface area contributed by atoms with Gasteiger partial charge in [-0.05, 0) is 57.4 Å². The highest BCUT2D eigenvalue weighted by Crippen LogP contribution is 2.33. The van der Waals surface area contributed by atoms with Gasteiger partial charge in [-0.15, -0.1) is 0 Å². The smallest absolute Gasteiger partial charge is 0.410 e. The van der Waals surface area contributed by atoms with Gasteiger partial charge in [0.1, 0.15) is 17.5 Å². The molecule has 0 N–H and O–H groups in total. The van der Waals surface area contributed by atoms with Gasteiger partial charge in [0.2, 0.25) is 0 Å². The summed E-state index contributed by atoms with van der Waals surface area (Å²) in [7, 11) is 0. The third kappa shape index (κ3) is 4.13. The molecule has 0 radical (unpaired) electrons. The standard InChI is InChI=1S/C21H28FN3O3/c1-13-8-17(22)16(9-23)14(2)19(13)18-11-24-6-7-25(10-15(24)12-27-18)20(26)28-21(3,4)5/h8,15,18H,6-7,10-12H2,1-5H3/t15-,18+/m0/s1. The number of ether oxygens (including phenoxy) is 2. The number of benzene rings is 1. The zero-order chi connectivity index (χ0) is 20.6. The van der Waals surface area contributed by atoms with Crippen molar-refractivity contribution in [3.8, 4) is 6.07 Å². The Hall–Kier alpha value is -2.17. The van der Waals surface area contributed by atoms with Crippen molar-refractivity contribution in [3.05, 3.63) is 34.1 Å². The number of aryl methyl sites for hydroxylation is 1. The molecule has 2 atom stereocenters. The van der Waals surface area contributed by atoms with Crippen LogP contribution < -0.4 is 0 Å². The first-order chi connectivity index (χ1) is 13.1. The lowest BCUT2D eigenvalue weighted by molar-refractivity contribution is -0.0910. The van der Waals surface area contributed by atoms with Crippen LogP contribution in [-0.4, -0.2) is 60.3 Å². The molecule has 2 aliphatic rings. The molecule has 2 fully saturated rings. The number of nitrogens with zero attached hydrogens (tertiary/aromatic N) is 3. The SMILES string of the molecule is Cc1cc(F)c(C#N)c(C)c1[C@H]1CN2CCN(C(=O)OC(C)(C)C)C[C@H]2CO1. The molecule has 1 aromatic rings. The van der Waals surface area contributed by atoms with Gasteiger partial charge in [0.15, 0.2) is 0 Å². The van der Waals surface area contributed by atoms with Crippen molar-refractivity contribution in [2.75, 3.05) is 32.8 Å². The van der Waals surface area contributed by atoms with E-state index in [0.717, 1.165) is 17.7 Å². The van der Waals surface area contributed by atoms with Crippen LogP contribution >= 0.6 is 0 Å². The van der Waals surface area contributed by atoms with E-state index >= 15 is 0 Å². The van der Waals surface area contributed by atoms with Crippen LogP contribution in [0.4, 0.5) is 9.18 Å². The van der Waals surface area contributed by atoms with E-state index in [2.05, 4.69) is 4.90 Å². The molecular formula is C21H28FN3O3. The number of morpholine rings is 1. The zero-order valence-corrected chi connectivity index (χ0v) is 17.2. The minimum Gasteiger partial charge on any atom is -0.444 e. The first-order valence-electron chi connectivity index (χ1n) is 9.64. The number of amides is 1. The van der Waals surface area contributed by atoms with Gasteiger partial charge in [0.05, 0.1) is 24.3 Å². The van der Waals surface area contributed by atoms with E-state index in [1.165, 1.54) is 6.07 Å². The molecule has 1 aromatic carbocycles. The molecule has 2 aliphatic heterocycles. The lowest BCUT2D eigenvalue weighted by atomic mass is 9.92. The van der Waals surface area contributed by atoms with Crippen LogP contribution in [0.5, 0.6) is 0 Å². The molecule has 1 amide bonds. The first kappa shape index (κ1) is 20.6. The van der Waals surface area contributed by atoms with Crippen molar-refractivity contribution in [2.24, 2.45) is 0 Å². The molecule has 0 aliphatic carbocycles. The van der Waals surface area contributed by atoms with Crippen LogP contribution in [0.15, 0.2) is 6.07 Å². The summed E-state index contributed by atoms with van der Waals surface area (Å²) in [6, 6.07) is 3.48. The molecule has 6 nitrogen and oxygen atoms in total. The van der Waals surface area contributed by atoms with Crippen LogP contribution in [0.3, 0.4) is 0 Å². The number of carbonyl (C=O) groups is 1. The summed E-state index contributed by atoms with van der Waals surface area (Å²) in [4.78, 5) is 16.4. The summed E-state index contributed by atoms with van der Waals surface area (Å²) >= 11 is 0. The molecular weight excluding hydrogens is 361 g/mol. The predicted octanol–water partition coefficient (Wildman–Crippen LogP) is 3.31. The molecule has 3 rings (SSSR count). The quantitative estimate of drug-likeness (QED) is 0.737. The second-order valence-electron chi connectivity index (χ2n) is 8.60. The van der Waals surface area contributed by atoms with Gasteiger partial charge in [-0.2, -0.15) is 5.26 Å². The van der Waals surface area contributed by atoms with Crippen LogP contribution in [-0.2, 0) is 9.47 Å². The maximum absolute atomic E-state index is 14.0. The number of hydrogen-bond donors (Lipinski definition) is 0.